The Morgan fingerprint density at radius 3 is 2.47 bits per heavy atom. The van der Waals surface area contributed by atoms with Gasteiger partial charge in [0.15, 0.2) is 11.2 Å². The van der Waals surface area contributed by atoms with Crippen LogP contribution in [-0.4, -0.2) is 68.1 Å². The van der Waals surface area contributed by atoms with Gasteiger partial charge in [-0.1, -0.05) is 6.92 Å². The summed E-state index contributed by atoms with van der Waals surface area (Å²) in [6.45, 7) is 4.40. The van der Waals surface area contributed by atoms with Crippen molar-refractivity contribution in [2.24, 2.45) is 5.92 Å². The van der Waals surface area contributed by atoms with Crippen molar-refractivity contribution >= 4 is 16.8 Å². The molecule has 1 aromatic heterocycles. The van der Waals surface area contributed by atoms with Gasteiger partial charge in [0.2, 0.25) is 11.5 Å². The molecule has 3 unspecified atom stereocenters. The third kappa shape index (κ3) is 3.78. The highest BCUT2D eigenvalue weighted by molar-refractivity contribution is 5.97. The summed E-state index contributed by atoms with van der Waals surface area (Å²) in [7, 11) is 0. The second kappa shape index (κ2) is 8.56. The Morgan fingerprint density at radius 2 is 1.81 bits per heavy atom. The van der Waals surface area contributed by atoms with Crippen LogP contribution in [0.15, 0.2) is 32.9 Å². The molecule has 7 atom stereocenters. The first kappa shape index (κ1) is 24.7. The SMILES string of the molecule is Cc1cc(O)c(C2O[C@H](CO)[C@@H](O)[C@H](O)[C@H]2O)c2oc(CC3(C)OC4=C(O3)C(C)CC4=O)cc(=O)c12. The number of phenols is 1. The van der Waals surface area contributed by atoms with Crippen molar-refractivity contribution in [1.29, 1.82) is 0 Å². The Bertz CT molecular complexity index is 1330. The van der Waals surface area contributed by atoms with Crippen LogP contribution in [0.2, 0.25) is 0 Å². The average molecular weight is 504 g/mol. The van der Waals surface area contributed by atoms with Gasteiger partial charge in [-0.3, -0.25) is 9.59 Å². The molecule has 0 spiro atoms. The number of rotatable bonds is 4. The number of aromatic hydroxyl groups is 1. The monoisotopic (exact) mass is 504 g/mol. The quantitative estimate of drug-likeness (QED) is 0.391. The lowest BCUT2D eigenvalue weighted by molar-refractivity contribution is -0.231. The largest absolute Gasteiger partial charge is 0.507 e. The summed E-state index contributed by atoms with van der Waals surface area (Å²) >= 11 is 0. The number of carbonyl (C=O) groups is 1. The average Bonchev–Trinajstić information content (AvgIpc) is 3.27. The first-order valence-corrected chi connectivity index (χ1v) is 11.7. The summed E-state index contributed by atoms with van der Waals surface area (Å²) in [6, 6.07) is 2.57. The zero-order valence-corrected chi connectivity index (χ0v) is 19.9. The lowest BCUT2D eigenvalue weighted by atomic mass is 9.89. The molecule has 0 amide bonds. The molecule has 36 heavy (non-hydrogen) atoms. The molecular weight excluding hydrogens is 476 g/mol. The fraction of sp³-hybridized carbons (Fsp3) is 0.520. The zero-order valence-electron chi connectivity index (χ0n) is 19.9. The third-order valence-electron chi connectivity index (χ3n) is 7.00. The molecule has 0 radical (unpaired) electrons. The summed E-state index contributed by atoms with van der Waals surface area (Å²) in [6.07, 6.45) is -7.42. The molecule has 1 aliphatic carbocycles. The molecule has 2 aromatic rings. The van der Waals surface area contributed by atoms with Crippen LogP contribution in [0.1, 0.15) is 43.3 Å². The number of allylic oxidation sites excluding steroid dienone is 2. The highest BCUT2D eigenvalue weighted by Crippen LogP contribution is 2.44. The molecule has 0 saturated carbocycles. The van der Waals surface area contributed by atoms with Crippen LogP contribution >= 0.6 is 0 Å². The van der Waals surface area contributed by atoms with E-state index in [2.05, 4.69) is 0 Å². The van der Waals surface area contributed by atoms with Crippen LogP contribution in [0.3, 0.4) is 0 Å². The predicted octanol–water partition coefficient (Wildman–Crippen LogP) is 0.448. The van der Waals surface area contributed by atoms with Crippen LogP contribution in [0.4, 0.5) is 0 Å². The van der Waals surface area contributed by atoms with E-state index >= 15 is 0 Å². The van der Waals surface area contributed by atoms with E-state index in [1.807, 2.05) is 6.92 Å². The number of phenolic OH excluding ortho intramolecular Hbond substituents is 1. The van der Waals surface area contributed by atoms with Crippen molar-refractivity contribution < 1.29 is 49.0 Å². The molecule has 2 aliphatic heterocycles. The maximum atomic E-state index is 13.1. The normalized spacial score (nSPS) is 34.1. The standard InChI is InChI=1S/C25H28O11/c1-9-4-12(27)17(24-20(32)19(31)18(30)15(8-26)34-24)23-16(9)13(28)6-11(33-23)7-25(3)35-21-10(2)5-14(29)22(21)36-25/h4,6,10,15,18-20,24,26-27,30-32H,5,7-8H2,1-3H3/t10?,15-,18-,19+,20-,24?,25?/m1/s1. The van der Waals surface area contributed by atoms with Crippen LogP contribution in [0.25, 0.3) is 11.0 Å². The molecule has 5 N–H and O–H groups in total. The van der Waals surface area contributed by atoms with E-state index in [-0.39, 0.29) is 51.9 Å². The topological polar surface area (TPSA) is 176 Å². The van der Waals surface area contributed by atoms with Gasteiger partial charge in [-0.15, -0.1) is 0 Å². The highest BCUT2D eigenvalue weighted by Gasteiger charge is 2.48. The molecular formula is C25H28O11. The zero-order chi connectivity index (χ0) is 26.1. The molecule has 0 bridgehead atoms. The van der Waals surface area contributed by atoms with Gasteiger partial charge in [0.05, 0.1) is 24.0 Å². The number of hydrogen-bond acceptors (Lipinski definition) is 11. The molecule has 5 rings (SSSR count). The first-order valence-electron chi connectivity index (χ1n) is 11.7. The number of aliphatic hydroxyl groups excluding tert-OH is 4. The van der Waals surface area contributed by atoms with Crippen molar-refractivity contribution in [2.75, 3.05) is 6.61 Å². The lowest BCUT2D eigenvalue weighted by Crippen LogP contribution is -2.55. The molecule has 1 saturated heterocycles. The minimum absolute atomic E-state index is 0.0615. The maximum absolute atomic E-state index is 13.1. The van der Waals surface area contributed by atoms with E-state index in [1.165, 1.54) is 12.1 Å². The fourth-order valence-electron chi connectivity index (χ4n) is 5.22. The van der Waals surface area contributed by atoms with Gasteiger partial charge >= 0.3 is 0 Å². The van der Waals surface area contributed by atoms with Gasteiger partial charge < -0.3 is 44.2 Å². The van der Waals surface area contributed by atoms with Crippen LogP contribution in [0, 0.1) is 12.8 Å². The van der Waals surface area contributed by atoms with Crippen molar-refractivity contribution in [3.8, 4) is 5.75 Å². The fourth-order valence-corrected chi connectivity index (χ4v) is 5.22. The van der Waals surface area contributed by atoms with Gasteiger partial charge in [0.25, 0.3) is 5.79 Å². The van der Waals surface area contributed by atoms with Gasteiger partial charge in [0.1, 0.15) is 47.6 Å². The Morgan fingerprint density at radius 1 is 1.08 bits per heavy atom. The molecule has 194 valence electrons. The van der Waals surface area contributed by atoms with Crippen LogP contribution in [0.5, 0.6) is 5.75 Å². The smallest absolute Gasteiger partial charge is 0.255 e. The molecule has 3 heterocycles. The van der Waals surface area contributed by atoms with Gasteiger partial charge in [-0.25, -0.2) is 0 Å². The van der Waals surface area contributed by atoms with Crippen LogP contribution < -0.4 is 5.43 Å². The van der Waals surface area contributed by atoms with E-state index in [4.69, 9.17) is 18.6 Å². The second-order valence-electron chi connectivity index (χ2n) is 9.89. The van der Waals surface area contributed by atoms with Crippen molar-refractivity contribution in [3.63, 3.8) is 0 Å². The van der Waals surface area contributed by atoms with Gasteiger partial charge in [0, 0.05) is 25.3 Å². The van der Waals surface area contributed by atoms with Gasteiger partial charge in [-0.2, -0.15) is 0 Å². The molecule has 11 heteroatoms. The second-order valence-corrected chi connectivity index (χ2v) is 9.89. The number of ketones is 1. The van der Waals surface area contributed by atoms with Crippen molar-refractivity contribution in [1.82, 2.24) is 0 Å². The Kier molecular flexibility index (Phi) is 5.88. The maximum Gasteiger partial charge on any atom is 0.255 e. The number of carbonyl (C=O) groups excluding carboxylic acids is 1. The molecule has 3 aliphatic rings. The third-order valence-corrected chi connectivity index (χ3v) is 7.00. The van der Waals surface area contributed by atoms with Crippen molar-refractivity contribution in [3.05, 3.63) is 50.8 Å². The number of Topliss-reactive ketones (excluding diaryl/α,β-unsaturated/α-hetero) is 1. The summed E-state index contributed by atoms with van der Waals surface area (Å²) < 4.78 is 23.4. The number of fused-ring (bicyclic) bond motifs is 1. The minimum Gasteiger partial charge on any atom is -0.507 e. The number of aryl methyl sites for hydroxylation is 1. The summed E-state index contributed by atoms with van der Waals surface area (Å²) in [5.74, 6) is -1.23. The number of ether oxygens (including phenoxy) is 3. The van der Waals surface area contributed by atoms with E-state index in [9.17, 15) is 35.1 Å². The highest BCUT2D eigenvalue weighted by atomic mass is 16.7. The Balaban J connectivity index is 1.58. The van der Waals surface area contributed by atoms with Crippen LogP contribution in [-0.2, 0) is 25.4 Å². The van der Waals surface area contributed by atoms with Gasteiger partial charge in [-0.05, 0) is 18.6 Å². The molecule has 11 nitrogen and oxygen atoms in total. The summed E-state index contributed by atoms with van der Waals surface area (Å²) in [5, 5.41) is 51.6. The number of benzene rings is 1. The molecule has 1 fully saturated rings. The predicted molar refractivity (Wildman–Crippen MR) is 122 cm³/mol. The number of aliphatic hydroxyl groups is 4. The molecule has 1 aromatic carbocycles. The summed E-state index contributed by atoms with van der Waals surface area (Å²) in [4.78, 5) is 25.3. The Hall–Kier alpha value is -2.96. The first-order chi connectivity index (χ1) is 16.9. The summed E-state index contributed by atoms with van der Waals surface area (Å²) in [5.41, 5.74) is -0.253. The van der Waals surface area contributed by atoms with E-state index in [1.54, 1.807) is 13.8 Å². The van der Waals surface area contributed by atoms with E-state index < -0.39 is 48.3 Å². The lowest BCUT2D eigenvalue weighted by Gasteiger charge is -2.40. The van der Waals surface area contributed by atoms with E-state index in [0.717, 1.165) is 0 Å². The van der Waals surface area contributed by atoms with E-state index in [0.29, 0.717) is 17.7 Å². The minimum atomic E-state index is -1.70. The number of hydrogen-bond donors (Lipinski definition) is 5. The van der Waals surface area contributed by atoms with Crippen molar-refractivity contribution in [2.45, 2.75) is 69.9 Å². The Labute approximate surface area is 205 Å².